The molecule has 3 nitrogen and oxygen atoms in total. The van der Waals surface area contributed by atoms with Crippen LogP contribution in [0.2, 0.25) is 0 Å². The number of aryl methyl sites for hydroxylation is 1. The van der Waals surface area contributed by atoms with Crippen LogP contribution in [0.5, 0.6) is 0 Å². The van der Waals surface area contributed by atoms with E-state index in [1.165, 1.54) is 18.2 Å². The van der Waals surface area contributed by atoms with Crippen molar-refractivity contribution in [1.29, 1.82) is 0 Å². The molecule has 0 aliphatic carbocycles. The lowest BCUT2D eigenvalue weighted by atomic mass is 10.1. The molecule has 1 rings (SSSR count). The molecule has 80 valence electrons. The SMILES string of the molecule is Cc1cc(C=CCC(N)=O)c(F)cc1N. The Balaban J connectivity index is 2.90. The molecule has 4 heteroatoms. The van der Waals surface area contributed by atoms with Crippen molar-refractivity contribution in [3.63, 3.8) is 0 Å². The quantitative estimate of drug-likeness (QED) is 0.741. The summed E-state index contributed by atoms with van der Waals surface area (Å²) in [6, 6.07) is 2.89. The molecule has 0 atom stereocenters. The summed E-state index contributed by atoms with van der Waals surface area (Å²) in [6.07, 6.45) is 3.14. The molecule has 0 bridgehead atoms. The third kappa shape index (κ3) is 3.09. The number of benzene rings is 1. The predicted octanol–water partition coefficient (Wildman–Crippen LogP) is 1.60. The van der Waals surface area contributed by atoms with Gasteiger partial charge in [0.1, 0.15) is 5.82 Å². The summed E-state index contributed by atoms with van der Waals surface area (Å²) in [6.45, 7) is 1.79. The molecule has 0 aromatic heterocycles. The number of amides is 1. The van der Waals surface area contributed by atoms with Crippen molar-refractivity contribution in [1.82, 2.24) is 0 Å². The molecule has 0 fully saturated rings. The Kier molecular flexibility index (Phi) is 3.44. The standard InChI is InChI=1S/C11H13FN2O/c1-7-5-8(3-2-4-11(14)15)9(12)6-10(7)13/h2-3,5-6H,4,13H2,1H3,(H2,14,15). The molecule has 0 radical (unpaired) electrons. The fraction of sp³-hybridized carbons (Fsp3) is 0.182. The Hall–Kier alpha value is -1.84. The topological polar surface area (TPSA) is 69.1 Å². The fourth-order valence-corrected chi connectivity index (χ4v) is 1.15. The zero-order chi connectivity index (χ0) is 11.4. The van der Waals surface area contributed by atoms with Gasteiger partial charge in [-0.1, -0.05) is 12.2 Å². The van der Waals surface area contributed by atoms with E-state index in [9.17, 15) is 9.18 Å². The average molecular weight is 208 g/mol. The molecule has 0 unspecified atom stereocenters. The number of hydrogen-bond acceptors (Lipinski definition) is 2. The van der Waals surface area contributed by atoms with Crippen LogP contribution in [0.25, 0.3) is 6.08 Å². The van der Waals surface area contributed by atoms with Gasteiger partial charge in [-0.05, 0) is 24.6 Å². The van der Waals surface area contributed by atoms with Gasteiger partial charge in [-0.2, -0.15) is 0 Å². The van der Waals surface area contributed by atoms with Crippen molar-refractivity contribution in [3.8, 4) is 0 Å². The molecule has 0 aliphatic heterocycles. The molecular formula is C11H13FN2O. The maximum absolute atomic E-state index is 13.3. The number of hydrogen-bond donors (Lipinski definition) is 2. The number of primary amides is 1. The predicted molar refractivity (Wildman–Crippen MR) is 58.4 cm³/mol. The fourth-order valence-electron chi connectivity index (χ4n) is 1.15. The summed E-state index contributed by atoms with van der Waals surface area (Å²) in [5.41, 5.74) is 12.1. The zero-order valence-corrected chi connectivity index (χ0v) is 8.46. The van der Waals surface area contributed by atoms with Crippen LogP contribution in [0, 0.1) is 12.7 Å². The van der Waals surface area contributed by atoms with Crippen molar-refractivity contribution in [2.24, 2.45) is 5.73 Å². The maximum atomic E-state index is 13.3. The van der Waals surface area contributed by atoms with E-state index >= 15 is 0 Å². The number of rotatable bonds is 3. The molecule has 15 heavy (non-hydrogen) atoms. The van der Waals surface area contributed by atoms with Crippen LogP contribution in [0.1, 0.15) is 17.5 Å². The third-order valence-corrected chi connectivity index (χ3v) is 2.00. The van der Waals surface area contributed by atoms with E-state index in [4.69, 9.17) is 11.5 Å². The van der Waals surface area contributed by atoms with Gasteiger partial charge in [-0.25, -0.2) is 4.39 Å². The highest BCUT2D eigenvalue weighted by Crippen LogP contribution is 2.18. The first kappa shape index (κ1) is 11.2. The van der Waals surface area contributed by atoms with Gasteiger partial charge in [0.2, 0.25) is 5.91 Å². The van der Waals surface area contributed by atoms with Crippen molar-refractivity contribution in [3.05, 3.63) is 35.2 Å². The van der Waals surface area contributed by atoms with Gasteiger partial charge in [-0.15, -0.1) is 0 Å². The van der Waals surface area contributed by atoms with Gasteiger partial charge < -0.3 is 11.5 Å². The molecule has 0 heterocycles. The average Bonchev–Trinajstić information content (AvgIpc) is 2.13. The van der Waals surface area contributed by atoms with E-state index in [1.54, 1.807) is 13.0 Å². The van der Waals surface area contributed by atoms with Crippen LogP contribution in [-0.2, 0) is 4.79 Å². The highest BCUT2D eigenvalue weighted by Gasteiger charge is 2.02. The van der Waals surface area contributed by atoms with Crippen LogP contribution in [-0.4, -0.2) is 5.91 Å². The number of anilines is 1. The summed E-state index contributed by atoms with van der Waals surface area (Å²) in [5, 5.41) is 0. The largest absolute Gasteiger partial charge is 0.398 e. The molecule has 1 amide bonds. The normalized spacial score (nSPS) is 10.8. The molecule has 1 aromatic carbocycles. The summed E-state index contributed by atoms with van der Waals surface area (Å²) in [5.74, 6) is -0.849. The monoisotopic (exact) mass is 208 g/mol. The van der Waals surface area contributed by atoms with Crippen LogP contribution in [0.3, 0.4) is 0 Å². The van der Waals surface area contributed by atoms with Crippen molar-refractivity contribution in [2.45, 2.75) is 13.3 Å². The molecule has 0 saturated heterocycles. The highest BCUT2D eigenvalue weighted by atomic mass is 19.1. The second-order valence-corrected chi connectivity index (χ2v) is 3.30. The van der Waals surface area contributed by atoms with Crippen molar-refractivity contribution in [2.75, 3.05) is 5.73 Å². The van der Waals surface area contributed by atoms with Gasteiger partial charge in [0, 0.05) is 17.7 Å². The number of nitrogens with two attached hydrogens (primary N) is 2. The van der Waals surface area contributed by atoms with E-state index in [0.29, 0.717) is 11.3 Å². The molecule has 0 spiro atoms. The highest BCUT2D eigenvalue weighted by molar-refractivity contribution is 5.76. The molecule has 4 N–H and O–H groups in total. The van der Waals surface area contributed by atoms with E-state index < -0.39 is 11.7 Å². The van der Waals surface area contributed by atoms with Crippen molar-refractivity contribution < 1.29 is 9.18 Å². The molecular weight excluding hydrogens is 195 g/mol. The minimum atomic E-state index is -0.446. The second kappa shape index (κ2) is 4.59. The number of carbonyl (C=O) groups is 1. The third-order valence-electron chi connectivity index (χ3n) is 2.00. The van der Waals surface area contributed by atoms with E-state index in [1.807, 2.05) is 0 Å². The Morgan fingerprint density at radius 1 is 1.53 bits per heavy atom. The second-order valence-electron chi connectivity index (χ2n) is 3.30. The Bertz CT molecular complexity index is 413. The van der Waals surface area contributed by atoms with Crippen LogP contribution in [0.15, 0.2) is 18.2 Å². The summed E-state index contributed by atoms with van der Waals surface area (Å²) in [7, 11) is 0. The maximum Gasteiger partial charge on any atom is 0.221 e. The van der Waals surface area contributed by atoms with E-state index in [0.717, 1.165) is 5.56 Å². The van der Waals surface area contributed by atoms with Gasteiger partial charge in [0.25, 0.3) is 0 Å². The number of nitrogen functional groups attached to an aromatic ring is 1. The summed E-state index contributed by atoms with van der Waals surface area (Å²) >= 11 is 0. The smallest absolute Gasteiger partial charge is 0.221 e. The van der Waals surface area contributed by atoms with Crippen molar-refractivity contribution >= 4 is 17.7 Å². The molecule has 0 saturated carbocycles. The zero-order valence-electron chi connectivity index (χ0n) is 8.46. The first-order valence-corrected chi connectivity index (χ1v) is 4.51. The lowest BCUT2D eigenvalue weighted by Crippen LogP contribution is -2.07. The summed E-state index contributed by atoms with van der Waals surface area (Å²) < 4.78 is 13.3. The Morgan fingerprint density at radius 2 is 2.20 bits per heavy atom. The van der Waals surface area contributed by atoms with Crippen LogP contribution >= 0.6 is 0 Å². The lowest BCUT2D eigenvalue weighted by Gasteiger charge is -2.02. The number of carbonyl (C=O) groups excluding carboxylic acids is 1. The molecule has 1 aromatic rings. The van der Waals surface area contributed by atoms with Crippen LogP contribution in [0.4, 0.5) is 10.1 Å². The number of halogens is 1. The van der Waals surface area contributed by atoms with Gasteiger partial charge >= 0.3 is 0 Å². The first-order valence-electron chi connectivity index (χ1n) is 4.51. The van der Waals surface area contributed by atoms with Gasteiger partial charge in [-0.3, -0.25) is 4.79 Å². The van der Waals surface area contributed by atoms with E-state index in [2.05, 4.69) is 0 Å². The summed E-state index contributed by atoms with van der Waals surface area (Å²) in [4.78, 5) is 10.5. The molecule has 0 aliphatic rings. The minimum Gasteiger partial charge on any atom is -0.398 e. The van der Waals surface area contributed by atoms with Gasteiger partial charge in [0.15, 0.2) is 0 Å². The first-order chi connectivity index (χ1) is 7.00. The van der Waals surface area contributed by atoms with Crippen LogP contribution < -0.4 is 11.5 Å². The lowest BCUT2D eigenvalue weighted by molar-refractivity contribution is -0.117. The Labute approximate surface area is 87.6 Å². The van der Waals surface area contributed by atoms with E-state index in [-0.39, 0.29) is 6.42 Å². The minimum absolute atomic E-state index is 0.100. The van der Waals surface area contributed by atoms with Gasteiger partial charge in [0.05, 0.1) is 0 Å². The Morgan fingerprint density at radius 3 is 2.80 bits per heavy atom.